The molecule has 0 saturated carbocycles. The summed E-state index contributed by atoms with van der Waals surface area (Å²) < 4.78 is 14.0. The van der Waals surface area contributed by atoms with E-state index in [0.717, 1.165) is 23.2 Å². The van der Waals surface area contributed by atoms with Gasteiger partial charge in [-0.15, -0.1) is 11.3 Å². The summed E-state index contributed by atoms with van der Waals surface area (Å²) in [4.78, 5) is 3.51. The highest BCUT2D eigenvalue weighted by Crippen LogP contribution is 2.26. The average Bonchev–Trinajstić information content (AvgIpc) is 2.73. The molecular weight excluding hydrogens is 301 g/mol. The van der Waals surface area contributed by atoms with E-state index in [-0.39, 0.29) is 5.82 Å². The van der Waals surface area contributed by atoms with E-state index in [0.29, 0.717) is 0 Å². The third-order valence-corrected chi connectivity index (χ3v) is 4.51. The van der Waals surface area contributed by atoms with E-state index in [2.05, 4.69) is 39.2 Å². The second-order valence-electron chi connectivity index (χ2n) is 3.68. The van der Waals surface area contributed by atoms with Gasteiger partial charge >= 0.3 is 0 Å². The maximum absolute atomic E-state index is 12.9. The Kier molecular flexibility index (Phi) is 4.18. The Hall–Kier alpha value is -0.870. The summed E-state index contributed by atoms with van der Waals surface area (Å²) in [5.41, 5.74) is 1.05. The first-order valence-electron chi connectivity index (χ1n) is 5.43. The Morgan fingerprint density at radius 3 is 2.47 bits per heavy atom. The van der Waals surface area contributed by atoms with Gasteiger partial charge in [0.25, 0.3) is 0 Å². The quantitative estimate of drug-likeness (QED) is 0.792. The molecule has 0 atom stereocenters. The van der Waals surface area contributed by atoms with E-state index in [1.165, 1.54) is 17.0 Å². The second-order valence-corrected chi connectivity index (χ2v) is 5.54. The Bertz CT molecular complexity index is 480. The minimum absolute atomic E-state index is 0.192. The summed E-state index contributed by atoms with van der Waals surface area (Å²) in [6, 6.07) is 8.70. The van der Waals surface area contributed by atoms with Crippen LogP contribution in [0.4, 0.5) is 10.1 Å². The monoisotopic (exact) mass is 313 g/mol. The van der Waals surface area contributed by atoms with Gasteiger partial charge in [-0.1, -0.05) is 0 Å². The first-order chi connectivity index (χ1) is 8.20. The van der Waals surface area contributed by atoms with Gasteiger partial charge in [-0.05, 0) is 58.6 Å². The van der Waals surface area contributed by atoms with Crippen molar-refractivity contribution in [3.63, 3.8) is 0 Å². The predicted molar refractivity (Wildman–Crippen MR) is 75.1 cm³/mol. The van der Waals surface area contributed by atoms with Crippen molar-refractivity contribution in [3.05, 3.63) is 50.9 Å². The molecule has 0 fully saturated rings. The van der Waals surface area contributed by atoms with Gasteiger partial charge < -0.3 is 4.90 Å². The number of hydrogen-bond donors (Lipinski definition) is 0. The molecule has 1 heterocycles. The molecule has 1 aromatic carbocycles. The first-order valence-corrected chi connectivity index (χ1v) is 7.10. The molecule has 0 radical (unpaired) electrons. The minimum atomic E-state index is -0.192. The summed E-state index contributed by atoms with van der Waals surface area (Å²) >= 11 is 5.26. The molecule has 0 spiro atoms. The largest absolute Gasteiger partial charge is 0.367 e. The zero-order valence-electron chi connectivity index (χ0n) is 9.49. The molecule has 0 unspecified atom stereocenters. The molecule has 0 saturated heterocycles. The van der Waals surface area contributed by atoms with E-state index >= 15 is 0 Å². The van der Waals surface area contributed by atoms with Crippen LogP contribution in [0.15, 0.2) is 40.2 Å². The number of anilines is 1. The van der Waals surface area contributed by atoms with Gasteiger partial charge in [0, 0.05) is 21.6 Å². The lowest BCUT2D eigenvalue weighted by atomic mass is 10.2. The van der Waals surface area contributed by atoms with Crippen LogP contribution in [0.1, 0.15) is 11.8 Å². The summed E-state index contributed by atoms with van der Waals surface area (Å²) in [5, 5.41) is 2.07. The highest BCUT2D eigenvalue weighted by Gasteiger charge is 2.08. The van der Waals surface area contributed by atoms with Crippen LogP contribution in [0, 0.1) is 5.82 Å². The number of benzene rings is 1. The van der Waals surface area contributed by atoms with Gasteiger partial charge in [-0.2, -0.15) is 0 Å². The third kappa shape index (κ3) is 3.07. The Labute approximate surface area is 113 Å². The lowest BCUT2D eigenvalue weighted by molar-refractivity contribution is 0.627. The topological polar surface area (TPSA) is 3.24 Å². The maximum Gasteiger partial charge on any atom is 0.123 e. The van der Waals surface area contributed by atoms with Crippen LogP contribution >= 0.6 is 27.3 Å². The van der Waals surface area contributed by atoms with Crippen molar-refractivity contribution in [1.82, 2.24) is 0 Å². The molecule has 2 rings (SSSR count). The number of nitrogens with zero attached hydrogens (tertiary/aromatic N) is 1. The molecule has 17 heavy (non-hydrogen) atoms. The van der Waals surface area contributed by atoms with Crippen molar-refractivity contribution in [1.29, 1.82) is 0 Å². The van der Waals surface area contributed by atoms with Crippen LogP contribution in [-0.2, 0) is 6.54 Å². The van der Waals surface area contributed by atoms with Crippen LogP contribution < -0.4 is 4.90 Å². The van der Waals surface area contributed by atoms with Crippen LogP contribution in [0.2, 0.25) is 0 Å². The van der Waals surface area contributed by atoms with Gasteiger partial charge in [0.05, 0.1) is 6.54 Å². The van der Waals surface area contributed by atoms with Gasteiger partial charge in [-0.25, -0.2) is 4.39 Å². The van der Waals surface area contributed by atoms with Crippen molar-refractivity contribution in [2.24, 2.45) is 0 Å². The van der Waals surface area contributed by atoms with E-state index in [1.807, 2.05) is 12.1 Å². The Morgan fingerprint density at radius 2 is 1.94 bits per heavy atom. The van der Waals surface area contributed by atoms with Gasteiger partial charge in [0.15, 0.2) is 0 Å². The standard InChI is InChI=1S/C13H13BrFNS/c1-2-16(9-13-12(14)7-8-17-13)11-5-3-10(15)4-6-11/h3-8H,2,9H2,1H3. The highest BCUT2D eigenvalue weighted by molar-refractivity contribution is 9.10. The molecule has 0 N–H and O–H groups in total. The SMILES string of the molecule is CCN(Cc1sccc1Br)c1ccc(F)cc1. The first kappa shape index (κ1) is 12.6. The summed E-state index contributed by atoms with van der Waals surface area (Å²) in [7, 11) is 0. The predicted octanol–water partition coefficient (Wildman–Crippen LogP) is 4.68. The van der Waals surface area contributed by atoms with Crippen LogP contribution in [0.5, 0.6) is 0 Å². The van der Waals surface area contributed by atoms with Gasteiger partial charge in [0.2, 0.25) is 0 Å². The zero-order chi connectivity index (χ0) is 12.3. The molecule has 0 aliphatic heterocycles. The fourth-order valence-electron chi connectivity index (χ4n) is 1.65. The lowest BCUT2D eigenvalue weighted by Crippen LogP contribution is -2.21. The van der Waals surface area contributed by atoms with Crippen LogP contribution in [0.3, 0.4) is 0 Å². The van der Waals surface area contributed by atoms with Crippen molar-refractivity contribution in [3.8, 4) is 0 Å². The molecular formula is C13H13BrFNS. The molecule has 4 heteroatoms. The Morgan fingerprint density at radius 1 is 1.24 bits per heavy atom. The van der Waals surface area contributed by atoms with E-state index < -0.39 is 0 Å². The molecule has 0 aliphatic carbocycles. The lowest BCUT2D eigenvalue weighted by Gasteiger charge is -2.22. The third-order valence-electron chi connectivity index (χ3n) is 2.60. The molecule has 0 bridgehead atoms. The number of hydrogen-bond acceptors (Lipinski definition) is 2. The van der Waals surface area contributed by atoms with E-state index in [9.17, 15) is 4.39 Å². The average molecular weight is 314 g/mol. The molecule has 90 valence electrons. The van der Waals surface area contributed by atoms with Crippen LogP contribution in [-0.4, -0.2) is 6.54 Å². The summed E-state index contributed by atoms with van der Waals surface area (Å²) in [6.45, 7) is 3.85. The second kappa shape index (κ2) is 5.65. The molecule has 0 amide bonds. The zero-order valence-corrected chi connectivity index (χ0v) is 11.9. The maximum atomic E-state index is 12.9. The highest BCUT2D eigenvalue weighted by atomic mass is 79.9. The fourth-order valence-corrected chi connectivity index (χ4v) is 3.14. The smallest absolute Gasteiger partial charge is 0.123 e. The molecule has 1 nitrogen and oxygen atoms in total. The summed E-state index contributed by atoms with van der Waals surface area (Å²) in [5.74, 6) is -0.192. The molecule has 0 aliphatic rings. The van der Waals surface area contributed by atoms with Crippen molar-refractivity contribution in [2.75, 3.05) is 11.4 Å². The van der Waals surface area contributed by atoms with E-state index in [4.69, 9.17) is 0 Å². The van der Waals surface area contributed by atoms with Crippen molar-refractivity contribution < 1.29 is 4.39 Å². The number of thiophene rings is 1. The Balaban J connectivity index is 2.17. The minimum Gasteiger partial charge on any atom is -0.367 e. The van der Waals surface area contributed by atoms with Gasteiger partial charge in [0.1, 0.15) is 5.82 Å². The van der Waals surface area contributed by atoms with Crippen LogP contribution in [0.25, 0.3) is 0 Å². The van der Waals surface area contributed by atoms with Crippen molar-refractivity contribution >= 4 is 33.0 Å². The van der Waals surface area contributed by atoms with E-state index in [1.54, 1.807) is 11.3 Å². The molecule has 2 aromatic rings. The van der Waals surface area contributed by atoms with Crippen molar-refractivity contribution in [2.45, 2.75) is 13.5 Å². The summed E-state index contributed by atoms with van der Waals surface area (Å²) in [6.07, 6.45) is 0. The normalized spacial score (nSPS) is 10.5. The fraction of sp³-hybridized carbons (Fsp3) is 0.231. The number of rotatable bonds is 4. The van der Waals surface area contributed by atoms with Gasteiger partial charge in [-0.3, -0.25) is 0 Å². The molecule has 1 aromatic heterocycles. The number of halogens is 2.